The summed E-state index contributed by atoms with van der Waals surface area (Å²) in [6, 6.07) is 5.63. The molecule has 0 saturated heterocycles. The van der Waals surface area contributed by atoms with Gasteiger partial charge in [-0.15, -0.1) is 11.3 Å². The van der Waals surface area contributed by atoms with Crippen LogP contribution in [-0.2, 0) is 17.8 Å². The van der Waals surface area contributed by atoms with Crippen LogP contribution in [0, 0.1) is 5.82 Å². The van der Waals surface area contributed by atoms with E-state index in [9.17, 15) is 14.0 Å². The van der Waals surface area contributed by atoms with E-state index in [0.717, 1.165) is 30.1 Å². The lowest BCUT2D eigenvalue weighted by molar-refractivity contribution is -0.115. The maximum Gasteiger partial charge on any atom is 0.254 e. The summed E-state index contributed by atoms with van der Waals surface area (Å²) in [5.74, 6) is -1.63. The van der Waals surface area contributed by atoms with Gasteiger partial charge in [0.1, 0.15) is 5.82 Å². The maximum atomic E-state index is 13.5. The maximum absolute atomic E-state index is 13.5. The Hall–Kier alpha value is -2.32. The summed E-state index contributed by atoms with van der Waals surface area (Å²) >= 11 is 1.44. The first-order chi connectivity index (χ1) is 11.5. The number of thiazole rings is 1. The number of hydrogen-bond donors (Lipinski definition) is 2. The molecule has 0 saturated carbocycles. The second kappa shape index (κ2) is 7.06. The molecule has 126 valence electrons. The van der Waals surface area contributed by atoms with Gasteiger partial charge in [-0.1, -0.05) is 12.1 Å². The summed E-state index contributed by atoms with van der Waals surface area (Å²) < 4.78 is 13.5. The van der Waals surface area contributed by atoms with Gasteiger partial charge in [-0.25, -0.2) is 9.37 Å². The van der Waals surface area contributed by atoms with Crippen LogP contribution in [-0.4, -0.2) is 41.8 Å². The summed E-state index contributed by atoms with van der Waals surface area (Å²) in [6.45, 7) is 1.53. The van der Waals surface area contributed by atoms with E-state index in [1.54, 1.807) is 6.07 Å². The molecule has 24 heavy (non-hydrogen) atoms. The number of nitrogens with zero attached hydrogens (tertiary/aromatic N) is 2. The zero-order valence-electron chi connectivity index (χ0n) is 13.1. The van der Waals surface area contributed by atoms with E-state index in [0.29, 0.717) is 5.13 Å². The fourth-order valence-electron chi connectivity index (χ4n) is 2.44. The number of likely N-dealkylation sites (N-methyl/N-ethyl adjacent to an activating group) is 1. The van der Waals surface area contributed by atoms with Gasteiger partial charge < -0.3 is 15.5 Å². The molecule has 2 amide bonds. The number of rotatable bonds is 4. The quantitative estimate of drug-likeness (QED) is 0.881. The van der Waals surface area contributed by atoms with Gasteiger partial charge in [0, 0.05) is 24.4 Å². The predicted octanol–water partition coefficient (Wildman–Crippen LogP) is 1.64. The van der Waals surface area contributed by atoms with Crippen molar-refractivity contribution in [1.82, 2.24) is 15.2 Å². The van der Waals surface area contributed by atoms with Gasteiger partial charge in [0.2, 0.25) is 5.91 Å². The molecule has 1 aliphatic rings. The average molecular weight is 348 g/mol. The highest BCUT2D eigenvalue weighted by atomic mass is 32.1. The fraction of sp³-hybridized carbons (Fsp3) is 0.312. The SMILES string of the molecule is CN1CCc2nc(NC(=O)CNC(=O)c3ccccc3F)sc2C1. The molecule has 3 rings (SSSR count). The van der Waals surface area contributed by atoms with Crippen LogP contribution in [0.5, 0.6) is 0 Å². The molecule has 8 heteroatoms. The van der Waals surface area contributed by atoms with Gasteiger partial charge in [-0.3, -0.25) is 9.59 Å². The first-order valence-corrected chi connectivity index (χ1v) is 8.34. The summed E-state index contributed by atoms with van der Waals surface area (Å²) in [4.78, 5) is 31.6. The van der Waals surface area contributed by atoms with E-state index in [2.05, 4.69) is 20.5 Å². The van der Waals surface area contributed by atoms with Crippen molar-refractivity contribution in [3.8, 4) is 0 Å². The Morgan fingerprint density at radius 3 is 2.96 bits per heavy atom. The van der Waals surface area contributed by atoms with E-state index in [1.807, 2.05) is 7.05 Å². The third kappa shape index (κ3) is 3.77. The minimum atomic E-state index is -0.622. The largest absolute Gasteiger partial charge is 0.343 e. The van der Waals surface area contributed by atoms with Crippen molar-refractivity contribution in [1.29, 1.82) is 0 Å². The molecule has 0 bridgehead atoms. The molecule has 0 fully saturated rings. The third-order valence-electron chi connectivity index (χ3n) is 3.70. The lowest BCUT2D eigenvalue weighted by atomic mass is 10.2. The van der Waals surface area contributed by atoms with Crippen LogP contribution < -0.4 is 10.6 Å². The summed E-state index contributed by atoms with van der Waals surface area (Å²) in [7, 11) is 2.04. The van der Waals surface area contributed by atoms with Crippen LogP contribution in [0.15, 0.2) is 24.3 Å². The van der Waals surface area contributed by atoms with Crippen molar-refractivity contribution in [2.45, 2.75) is 13.0 Å². The number of halogens is 1. The van der Waals surface area contributed by atoms with Crippen LogP contribution in [0.25, 0.3) is 0 Å². The number of nitrogens with one attached hydrogen (secondary N) is 2. The standard InChI is InChI=1S/C16H17FN4O2S/c1-21-7-6-12-13(9-21)24-16(19-12)20-14(22)8-18-15(23)10-4-2-3-5-11(10)17/h2-5H,6-9H2,1H3,(H,18,23)(H,19,20,22). The second-order valence-corrected chi connectivity index (χ2v) is 6.67. The zero-order valence-corrected chi connectivity index (χ0v) is 14.0. The molecule has 0 spiro atoms. The van der Waals surface area contributed by atoms with E-state index in [4.69, 9.17) is 0 Å². The molecule has 2 heterocycles. The number of fused-ring (bicyclic) bond motifs is 1. The first-order valence-electron chi connectivity index (χ1n) is 7.52. The van der Waals surface area contributed by atoms with Crippen molar-refractivity contribution in [2.24, 2.45) is 0 Å². The number of anilines is 1. The number of amides is 2. The highest BCUT2D eigenvalue weighted by Crippen LogP contribution is 2.27. The fourth-order valence-corrected chi connectivity index (χ4v) is 3.55. The average Bonchev–Trinajstić information content (AvgIpc) is 2.94. The Bertz CT molecular complexity index is 777. The minimum Gasteiger partial charge on any atom is -0.343 e. The van der Waals surface area contributed by atoms with Crippen molar-refractivity contribution >= 4 is 28.3 Å². The van der Waals surface area contributed by atoms with Gasteiger partial charge in [0.05, 0.1) is 17.8 Å². The van der Waals surface area contributed by atoms with Crippen molar-refractivity contribution in [3.05, 3.63) is 46.2 Å². The van der Waals surface area contributed by atoms with Gasteiger partial charge in [-0.05, 0) is 19.2 Å². The number of carbonyl (C=O) groups excluding carboxylic acids is 2. The molecule has 6 nitrogen and oxygen atoms in total. The van der Waals surface area contributed by atoms with Crippen molar-refractivity contribution in [3.63, 3.8) is 0 Å². The van der Waals surface area contributed by atoms with E-state index >= 15 is 0 Å². The van der Waals surface area contributed by atoms with Crippen LogP contribution >= 0.6 is 11.3 Å². The van der Waals surface area contributed by atoms with Gasteiger partial charge in [0.15, 0.2) is 5.13 Å². The smallest absolute Gasteiger partial charge is 0.254 e. The molecule has 1 aromatic heterocycles. The molecule has 0 aliphatic carbocycles. The Kier molecular flexibility index (Phi) is 4.86. The van der Waals surface area contributed by atoms with Gasteiger partial charge in [0.25, 0.3) is 5.91 Å². The van der Waals surface area contributed by atoms with Crippen LogP contribution in [0.2, 0.25) is 0 Å². The Balaban J connectivity index is 1.55. The summed E-state index contributed by atoms with van der Waals surface area (Å²) in [5, 5.41) is 5.61. The van der Waals surface area contributed by atoms with Gasteiger partial charge >= 0.3 is 0 Å². The Labute approximate surface area is 142 Å². The lowest BCUT2D eigenvalue weighted by Gasteiger charge is -2.20. The van der Waals surface area contributed by atoms with Crippen molar-refractivity contribution < 1.29 is 14.0 Å². The summed E-state index contributed by atoms with van der Waals surface area (Å²) in [5.41, 5.74) is 0.932. The molecule has 1 aromatic carbocycles. The Morgan fingerprint density at radius 2 is 2.17 bits per heavy atom. The minimum absolute atomic E-state index is 0.0851. The number of carbonyl (C=O) groups is 2. The van der Waals surface area contributed by atoms with Crippen molar-refractivity contribution in [2.75, 3.05) is 25.5 Å². The van der Waals surface area contributed by atoms with Crippen LogP contribution in [0.4, 0.5) is 9.52 Å². The van der Waals surface area contributed by atoms with E-state index in [-0.39, 0.29) is 18.0 Å². The second-order valence-electron chi connectivity index (χ2n) is 5.59. The number of aromatic nitrogens is 1. The molecular weight excluding hydrogens is 331 g/mol. The zero-order chi connectivity index (χ0) is 17.1. The molecule has 1 aliphatic heterocycles. The molecule has 2 N–H and O–H groups in total. The number of hydrogen-bond acceptors (Lipinski definition) is 5. The molecule has 2 aromatic rings. The first kappa shape index (κ1) is 16.5. The third-order valence-corrected chi connectivity index (χ3v) is 4.69. The molecular formula is C16H17FN4O2S. The predicted molar refractivity (Wildman–Crippen MR) is 89.5 cm³/mol. The monoisotopic (exact) mass is 348 g/mol. The lowest BCUT2D eigenvalue weighted by Crippen LogP contribution is -2.33. The highest BCUT2D eigenvalue weighted by molar-refractivity contribution is 7.15. The normalized spacial score (nSPS) is 14.1. The molecule has 0 radical (unpaired) electrons. The van der Waals surface area contributed by atoms with E-state index in [1.165, 1.54) is 29.5 Å². The highest BCUT2D eigenvalue weighted by Gasteiger charge is 2.19. The van der Waals surface area contributed by atoms with Gasteiger partial charge in [-0.2, -0.15) is 0 Å². The van der Waals surface area contributed by atoms with Crippen LogP contribution in [0.1, 0.15) is 20.9 Å². The van der Waals surface area contributed by atoms with Crippen LogP contribution in [0.3, 0.4) is 0 Å². The Morgan fingerprint density at radius 1 is 1.38 bits per heavy atom. The number of benzene rings is 1. The molecule has 0 unspecified atom stereocenters. The van der Waals surface area contributed by atoms with E-state index < -0.39 is 11.7 Å². The molecule has 0 atom stereocenters. The summed E-state index contributed by atoms with van der Waals surface area (Å²) in [6.07, 6.45) is 0.863. The topological polar surface area (TPSA) is 74.3 Å².